The number of hydrogen-bond donors (Lipinski definition) is 3. The quantitative estimate of drug-likeness (QED) is 0.248. The molecule has 1 aliphatic heterocycles. The number of rotatable bonds is 3. The van der Waals surface area contributed by atoms with Crippen molar-refractivity contribution in [2.45, 2.75) is 25.7 Å². The molecule has 190 valence electrons. The van der Waals surface area contributed by atoms with E-state index in [9.17, 15) is 34.3 Å². The lowest BCUT2D eigenvalue weighted by Gasteiger charge is -2.42. The van der Waals surface area contributed by atoms with Crippen LogP contribution in [0.2, 0.25) is 0 Å². The lowest BCUT2D eigenvalue weighted by Crippen LogP contribution is -2.40. The molecule has 4 aliphatic rings. The van der Waals surface area contributed by atoms with Crippen LogP contribution in [0.4, 0.5) is 5.69 Å². The number of carbonyl (C=O) groups excluding carboxylic acids is 4. The number of amides is 2. The number of ketones is 2. The number of aromatic hydroxyl groups is 1. The van der Waals surface area contributed by atoms with Gasteiger partial charge in [-0.3, -0.25) is 24.1 Å². The summed E-state index contributed by atoms with van der Waals surface area (Å²) in [5, 5.41) is 29.9. The number of imide groups is 1. The summed E-state index contributed by atoms with van der Waals surface area (Å²) in [5.41, 5.74) is 2.59. The molecule has 6 rings (SSSR count). The van der Waals surface area contributed by atoms with E-state index in [2.05, 4.69) is 0 Å². The Hall–Kier alpha value is -4.08. The molecule has 0 spiro atoms. The maximum Gasteiger partial charge on any atom is 0.488 e. The van der Waals surface area contributed by atoms with E-state index in [1.165, 1.54) is 24.3 Å². The molecule has 8 nitrogen and oxygen atoms in total. The van der Waals surface area contributed by atoms with Gasteiger partial charge in [0.2, 0.25) is 11.8 Å². The van der Waals surface area contributed by atoms with Gasteiger partial charge in [-0.05, 0) is 55.4 Å². The fraction of sp³-hybridized carbons (Fsp3) is 0.241. The number of nitrogens with zero attached hydrogens (tertiary/aromatic N) is 1. The van der Waals surface area contributed by atoms with Crippen molar-refractivity contribution in [1.82, 2.24) is 0 Å². The summed E-state index contributed by atoms with van der Waals surface area (Å²) in [5.74, 6) is -4.04. The summed E-state index contributed by atoms with van der Waals surface area (Å²) in [6.07, 6.45) is 3.63. The summed E-state index contributed by atoms with van der Waals surface area (Å²) in [4.78, 5) is 55.1. The zero-order valence-electron chi connectivity index (χ0n) is 20.5. The Balaban J connectivity index is 1.48. The predicted molar refractivity (Wildman–Crippen MR) is 138 cm³/mol. The third kappa shape index (κ3) is 3.46. The number of fused-ring (bicyclic) bond motifs is 3. The molecule has 1 fully saturated rings. The number of phenols is 1. The third-order valence-corrected chi connectivity index (χ3v) is 8.24. The number of Topliss-reactive ketones (excluding diaryl/α,β-unsaturated/α-hetero) is 1. The van der Waals surface area contributed by atoms with E-state index < -0.39 is 36.7 Å². The first-order valence-electron chi connectivity index (χ1n) is 12.5. The minimum Gasteiger partial charge on any atom is -0.508 e. The first-order valence-corrected chi connectivity index (χ1v) is 12.5. The zero-order chi connectivity index (χ0) is 26.9. The van der Waals surface area contributed by atoms with Crippen molar-refractivity contribution in [3.05, 3.63) is 88.5 Å². The van der Waals surface area contributed by atoms with Crippen molar-refractivity contribution < 1.29 is 34.3 Å². The predicted octanol–water partition coefficient (Wildman–Crippen LogP) is 1.71. The molecule has 9 heteroatoms. The Morgan fingerprint density at radius 2 is 1.71 bits per heavy atom. The average Bonchev–Trinajstić information content (AvgIpc) is 3.16. The molecular formula is C29H24BNO7. The monoisotopic (exact) mass is 509 g/mol. The highest BCUT2D eigenvalue weighted by molar-refractivity contribution is 6.58. The van der Waals surface area contributed by atoms with Gasteiger partial charge in [0.15, 0.2) is 11.6 Å². The first kappa shape index (κ1) is 24.3. The number of phenolic OH excluding ortho intramolecular Hbond substituents is 1. The van der Waals surface area contributed by atoms with Crippen LogP contribution in [0.5, 0.6) is 5.75 Å². The van der Waals surface area contributed by atoms with Gasteiger partial charge in [0, 0.05) is 28.2 Å². The molecule has 2 aromatic rings. The maximum absolute atomic E-state index is 13.9. The van der Waals surface area contributed by atoms with E-state index in [1.54, 1.807) is 37.3 Å². The Morgan fingerprint density at radius 3 is 2.45 bits per heavy atom. The number of allylic oxidation sites excluding steroid dienone is 6. The molecule has 0 radical (unpaired) electrons. The van der Waals surface area contributed by atoms with E-state index in [0.717, 1.165) is 10.5 Å². The van der Waals surface area contributed by atoms with Crippen molar-refractivity contribution in [1.29, 1.82) is 0 Å². The first-order chi connectivity index (χ1) is 18.2. The van der Waals surface area contributed by atoms with Gasteiger partial charge >= 0.3 is 7.12 Å². The van der Waals surface area contributed by atoms with Crippen molar-refractivity contribution in [2.24, 2.45) is 17.8 Å². The number of benzene rings is 2. The largest absolute Gasteiger partial charge is 0.508 e. The molecule has 2 aromatic carbocycles. The van der Waals surface area contributed by atoms with Crippen LogP contribution in [0.1, 0.15) is 31.2 Å². The SMILES string of the molecule is CC1=CC(=O)C2=C(CC3C(=CCC4C(=O)N(c5cccc(B(O)O)c5)C(=O)C43)C2c2ccccc2O)C1=O. The highest BCUT2D eigenvalue weighted by Crippen LogP contribution is 2.56. The van der Waals surface area contributed by atoms with Crippen molar-refractivity contribution in [2.75, 3.05) is 4.90 Å². The second kappa shape index (κ2) is 8.75. The van der Waals surface area contributed by atoms with Gasteiger partial charge in [0.25, 0.3) is 0 Å². The fourth-order valence-corrected chi connectivity index (χ4v) is 6.55. The van der Waals surface area contributed by atoms with E-state index in [0.29, 0.717) is 22.3 Å². The number of carbonyl (C=O) groups is 4. The molecule has 0 bridgehead atoms. The van der Waals surface area contributed by atoms with Crippen molar-refractivity contribution in [3.63, 3.8) is 0 Å². The topological polar surface area (TPSA) is 132 Å². The van der Waals surface area contributed by atoms with E-state index >= 15 is 0 Å². The van der Waals surface area contributed by atoms with Crippen LogP contribution >= 0.6 is 0 Å². The van der Waals surface area contributed by atoms with E-state index in [-0.39, 0.29) is 47.2 Å². The van der Waals surface area contributed by atoms with Crippen LogP contribution in [0, 0.1) is 17.8 Å². The maximum atomic E-state index is 13.9. The molecule has 3 N–H and O–H groups in total. The Bertz CT molecular complexity index is 1530. The molecule has 0 saturated carbocycles. The molecule has 0 aromatic heterocycles. The normalized spacial score (nSPS) is 26.6. The van der Waals surface area contributed by atoms with Crippen LogP contribution < -0.4 is 10.4 Å². The van der Waals surface area contributed by atoms with Gasteiger partial charge in [-0.1, -0.05) is 42.0 Å². The Kier molecular flexibility index (Phi) is 5.59. The number of anilines is 1. The van der Waals surface area contributed by atoms with Crippen LogP contribution in [0.3, 0.4) is 0 Å². The van der Waals surface area contributed by atoms with Crippen molar-refractivity contribution in [3.8, 4) is 5.75 Å². The van der Waals surface area contributed by atoms with Gasteiger partial charge in [-0.15, -0.1) is 0 Å². The lowest BCUT2D eigenvalue weighted by molar-refractivity contribution is -0.123. The molecule has 1 saturated heterocycles. The summed E-state index contributed by atoms with van der Waals surface area (Å²) in [6, 6.07) is 12.6. The van der Waals surface area contributed by atoms with E-state index in [1.807, 2.05) is 6.08 Å². The Labute approximate surface area is 218 Å². The van der Waals surface area contributed by atoms with Crippen molar-refractivity contribution >= 4 is 41.6 Å². The van der Waals surface area contributed by atoms with Gasteiger partial charge in [-0.25, -0.2) is 0 Å². The molecule has 2 amide bonds. The molecule has 4 unspecified atom stereocenters. The standard InChI is InChI=1S/C29H24BNO7/c1-14-11-23(33)26-21(27(14)34)13-20-17(24(26)18-7-2-3-8-22(18)32)9-10-19-25(20)29(36)31(28(19)35)16-6-4-5-15(12-16)30(37)38/h2-9,11-12,19-20,24-25,32,37-38H,10,13H2,1H3. The highest BCUT2D eigenvalue weighted by Gasteiger charge is 2.56. The molecular weight excluding hydrogens is 485 g/mol. The van der Waals surface area contributed by atoms with Crippen LogP contribution in [0.25, 0.3) is 0 Å². The highest BCUT2D eigenvalue weighted by atomic mass is 16.4. The van der Waals surface area contributed by atoms with Crippen LogP contribution in [-0.2, 0) is 19.2 Å². The zero-order valence-corrected chi connectivity index (χ0v) is 20.5. The summed E-state index contributed by atoms with van der Waals surface area (Å²) < 4.78 is 0. The third-order valence-electron chi connectivity index (χ3n) is 8.24. The van der Waals surface area contributed by atoms with Gasteiger partial charge < -0.3 is 15.2 Å². The second-order valence-corrected chi connectivity index (χ2v) is 10.3. The summed E-state index contributed by atoms with van der Waals surface area (Å²) in [7, 11) is -1.76. The summed E-state index contributed by atoms with van der Waals surface area (Å²) in [6.45, 7) is 1.59. The summed E-state index contributed by atoms with van der Waals surface area (Å²) >= 11 is 0. The fourth-order valence-electron chi connectivity index (χ4n) is 6.55. The van der Waals surface area contributed by atoms with Crippen LogP contribution in [-0.4, -0.2) is 45.7 Å². The van der Waals surface area contributed by atoms with Gasteiger partial charge in [0.05, 0.1) is 17.5 Å². The van der Waals surface area contributed by atoms with Gasteiger partial charge in [-0.2, -0.15) is 0 Å². The molecule has 1 heterocycles. The van der Waals surface area contributed by atoms with Crippen LogP contribution in [0.15, 0.2) is 83.0 Å². The lowest BCUT2D eigenvalue weighted by atomic mass is 9.59. The Morgan fingerprint density at radius 1 is 0.947 bits per heavy atom. The molecule has 38 heavy (non-hydrogen) atoms. The smallest absolute Gasteiger partial charge is 0.488 e. The number of hydrogen-bond acceptors (Lipinski definition) is 7. The minimum absolute atomic E-state index is 0.0191. The van der Waals surface area contributed by atoms with Gasteiger partial charge in [0.1, 0.15) is 5.75 Å². The second-order valence-electron chi connectivity index (χ2n) is 10.3. The number of para-hydroxylation sites is 1. The molecule has 4 atom stereocenters. The van der Waals surface area contributed by atoms with E-state index in [4.69, 9.17) is 0 Å². The average molecular weight is 509 g/mol. The minimum atomic E-state index is -1.76. The molecule has 3 aliphatic carbocycles.